The van der Waals surface area contributed by atoms with Crippen LogP contribution in [0.2, 0.25) is 0 Å². The van der Waals surface area contributed by atoms with Crippen molar-refractivity contribution in [1.82, 2.24) is 0 Å². The Morgan fingerprint density at radius 1 is 0.833 bits per heavy atom. The number of rotatable bonds is 2. The molecule has 0 atom stereocenters. The zero-order valence-corrected chi connectivity index (χ0v) is 9.28. The first-order chi connectivity index (χ1) is 8.61. The SMILES string of the molecule is ON=C(c1ccc(O)cc1)c1ccc(O)cc1O. The summed E-state index contributed by atoms with van der Waals surface area (Å²) in [5, 5.41) is 40.3. The van der Waals surface area contributed by atoms with Crippen LogP contribution < -0.4 is 0 Å². The zero-order chi connectivity index (χ0) is 13.1. The molecule has 0 aromatic heterocycles. The van der Waals surface area contributed by atoms with Crippen molar-refractivity contribution in [2.45, 2.75) is 0 Å². The van der Waals surface area contributed by atoms with Crippen LogP contribution in [0.5, 0.6) is 17.2 Å². The molecule has 92 valence electrons. The Labute approximate surface area is 103 Å². The third-order valence-corrected chi connectivity index (χ3v) is 2.48. The number of oxime groups is 1. The maximum absolute atomic E-state index is 9.71. The van der Waals surface area contributed by atoms with Crippen molar-refractivity contribution in [1.29, 1.82) is 0 Å². The summed E-state index contributed by atoms with van der Waals surface area (Å²) >= 11 is 0. The largest absolute Gasteiger partial charge is 0.508 e. The number of phenols is 3. The van der Waals surface area contributed by atoms with E-state index in [2.05, 4.69) is 5.16 Å². The standard InChI is InChI=1S/C13H11NO4/c15-9-3-1-8(2-4-9)13(14-18)11-6-5-10(16)7-12(11)17/h1-7,15-18H. The number of nitrogens with zero attached hydrogens (tertiary/aromatic N) is 1. The van der Waals surface area contributed by atoms with Crippen LogP contribution in [0.1, 0.15) is 11.1 Å². The Balaban J connectivity index is 2.49. The van der Waals surface area contributed by atoms with Crippen LogP contribution in [0, 0.1) is 0 Å². The molecule has 0 fully saturated rings. The van der Waals surface area contributed by atoms with Gasteiger partial charge in [0.05, 0.1) is 0 Å². The van der Waals surface area contributed by atoms with Gasteiger partial charge in [0, 0.05) is 17.2 Å². The molecule has 0 bridgehead atoms. The molecule has 18 heavy (non-hydrogen) atoms. The quantitative estimate of drug-likeness (QED) is 0.370. The van der Waals surface area contributed by atoms with E-state index < -0.39 is 0 Å². The normalized spacial score (nSPS) is 11.4. The van der Waals surface area contributed by atoms with E-state index >= 15 is 0 Å². The van der Waals surface area contributed by atoms with Gasteiger partial charge in [-0.15, -0.1) is 0 Å². The molecule has 2 aromatic rings. The minimum absolute atomic E-state index is 0.0840. The van der Waals surface area contributed by atoms with Crippen LogP contribution in [-0.4, -0.2) is 26.2 Å². The van der Waals surface area contributed by atoms with E-state index in [0.717, 1.165) is 6.07 Å². The highest BCUT2D eigenvalue weighted by Crippen LogP contribution is 2.26. The Morgan fingerprint density at radius 3 is 2.00 bits per heavy atom. The van der Waals surface area contributed by atoms with E-state index in [4.69, 9.17) is 5.21 Å². The molecule has 4 N–H and O–H groups in total. The number of hydrogen-bond acceptors (Lipinski definition) is 5. The predicted molar refractivity (Wildman–Crippen MR) is 65.3 cm³/mol. The lowest BCUT2D eigenvalue weighted by molar-refractivity contribution is 0.319. The lowest BCUT2D eigenvalue weighted by Gasteiger charge is -2.07. The summed E-state index contributed by atoms with van der Waals surface area (Å²) in [6, 6.07) is 9.96. The van der Waals surface area contributed by atoms with Crippen molar-refractivity contribution < 1.29 is 20.5 Å². The highest BCUT2D eigenvalue weighted by Gasteiger charge is 2.12. The van der Waals surface area contributed by atoms with E-state index in [9.17, 15) is 15.3 Å². The van der Waals surface area contributed by atoms with E-state index in [0.29, 0.717) is 5.56 Å². The maximum atomic E-state index is 9.71. The van der Waals surface area contributed by atoms with Gasteiger partial charge in [0.2, 0.25) is 0 Å². The fourth-order valence-corrected chi connectivity index (χ4v) is 1.61. The Bertz CT molecular complexity index is 590. The third kappa shape index (κ3) is 2.20. The highest BCUT2D eigenvalue weighted by molar-refractivity contribution is 6.14. The molecule has 0 amide bonds. The minimum atomic E-state index is -0.198. The molecule has 0 radical (unpaired) electrons. The van der Waals surface area contributed by atoms with Crippen molar-refractivity contribution in [2.24, 2.45) is 5.16 Å². The molecule has 0 aliphatic heterocycles. The molecule has 5 heteroatoms. The van der Waals surface area contributed by atoms with Crippen LogP contribution in [0.15, 0.2) is 47.6 Å². The van der Waals surface area contributed by atoms with E-state index in [1.54, 1.807) is 12.1 Å². The van der Waals surface area contributed by atoms with Crippen molar-refractivity contribution in [2.75, 3.05) is 0 Å². The second-order valence-electron chi connectivity index (χ2n) is 3.70. The van der Waals surface area contributed by atoms with Crippen LogP contribution in [0.4, 0.5) is 0 Å². The molecule has 0 heterocycles. The van der Waals surface area contributed by atoms with Crippen molar-refractivity contribution in [3.63, 3.8) is 0 Å². The summed E-state index contributed by atoms with van der Waals surface area (Å²) in [5.41, 5.74) is 0.949. The van der Waals surface area contributed by atoms with Crippen LogP contribution in [-0.2, 0) is 0 Å². The van der Waals surface area contributed by atoms with Gasteiger partial charge in [-0.1, -0.05) is 5.16 Å². The first-order valence-electron chi connectivity index (χ1n) is 5.15. The second kappa shape index (κ2) is 4.67. The Morgan fingerprint density at radius 2 is 1.44 bits per heavy atom. The third-order valence-electron chi connectivity index (χ3n) is 2.48. The molecule has 2 aromatic carbocycles. The summed E-state index contributed by atoms with van der Waals surface area (Å²) in [6.07, 6.45) is 0. The van der Waals surface area contributed by atoms with Gasteiger partial charge in [0.1, 0.15) is 23.0 Å². The Hall–Kier alpha value is -2.69. The molecule has 2 rings (SSSR count). The summed E-state index contributed by atoms with van der Waals surface area (Å²) in [5.74, 6) is -0.193. The van der Waals surface area contributed by atoms with Crippen LogP contribution in [0.3, 0.4) is 0 Å². The van der Waals surface area contributed by atoms with Crippen LogP contribution >= 0.6 is 0 Å². The number of benzene rings is 2. The van der Waals surface area contributed by atoms with Gasteiger partial charge < -0.3 is 20.5 Å². The van der Waals surface area contributed by atoms with Crippen molar-refractivity contribution in [3.05, 3.63) is 53.6 Å². The molecular weight excluding hydrogens is 234 g/mol. The van der Waals surface area contributed by atoms with Gasteiger partial charge >= 0.3 is 0 Å². The molecule has 0 saturated carbocycles. The first kappa shape index (κ1) is 11.8. The summed E-state index contributed by atoms with van der Waals surface area (Å²) < 4.78 is 0. The smallest absolute Gasteiger partial charge is 0.128 e. The van der Waals surface area contributed by atoms with Gasteiger partial charge in [-0.2, -0.15) is 0 Å². The van der Waals surface area contributed by atoms with Gasteiger partial charge in [-0.25, -0.2) is 0 Å². The zero-order valence-electron chi connectivity index (χ0n) is 9.28. The molecule has 0 spiro atoms. The summed E-state index contributed by atoms with van der Waals surface area (Å²) in [6.45, 7) is 0. The first-order valence-corrected chi connectivity index (χ1v) is 5.15. The molecule has 0 unspecified atom stereocenters. The minimum Gasteiger partial charge on any atom is -0.508 e. The fourth-order valence-electron chi connectivity index (χ4n) is 1.61. The van der Waals surface area contributed by atoms with Gasteiger partial charge in [0.15, 0.2) is 0 Å². The molecule has 5 nitrogen and oxygen atoms in total. The topological polar surface area (TPSA) is 93.3 Å². The van der Waals surface area contributed by atoms with Gasteiger partial charge in [0.25, 0.3) is 0 Å². The fraction of sp³-hybridized carbons (Fsp3) is 0. The van der Waals surface area contributed by atoms with Crippen molar-refractivity contribution >= 4 is 5.71 Å². The van der Waals surface area contributed by atoms with Gasteiger partial charge in [-0.05, 0) is 36.4 Å². The average Bonchev–Trinajstić information content (AvgIpc) is 2.35. The predicted octanol–water partition coefficient (Wildman–Crippen LogP) is 2.03. The van der Waals surface area contributed by atoms with E-state index in [1.807, 2.05) is 0 Å². The summed E-state index contributed by atoms with van der Waals surface area (Å²) in [4.78, 5) is 0. The van der Waals surface area contributed by atoms with Crippen molar-refractivity contribution in [3.8, 4) is 17.2 Å². The number of phenolic OH excluding ortho intramolecular Hbond substituents is 3. The number of aromatic hydroxyl groups is 3. The molecular formula is C13H11NO4. The van der Waals surface area contributed by atoms with Crippen LogP contribution in [0.25, 0.3) is 0 Å². The Kier molecular flexibility index (Phi) is 3.05. The number of hydrogen-bond donors (Lipinski definition) is 4. The maximum Gasteiger partial charge on any atom is 0.128 e. The monoisotopic (exact) mass is 245 g/mol. The summed E-state index contributed by atoms with van der Waals surface area (Å²) in [7, 11) is 0. The molecule has 0 saturated heterocycles. The highest BCUT2D eigenvalue weighted by atomic mass is 16.4. The second-order valence-corrected chi connectivity index (χ2v) is 3.70. The van der Waals surface area contributed by atoms with E-state index in [-0.39, 0.29) is 28.5 Å². The average molecular weight is 245 g/mol. The lowest BCUT2D eigenvalue weighted by Crippen LogP contribution is -2.03. The molecule has 0 aliphatic carbocycles. The van der Waals surface area contributed by atoms with Gasteiger partial charge in [-0.3, -0.25) is 0 Å². The van der Waals surface area contributed by atoms with E-state index in [1.165, 1.54) is 24.3 Å². The lowest BCUT2D eigenvalue weighted by atomic mass is 10.0. The molecule has 0 aliphatic rings.